The Kier molecular flexibility index (Phi) is 1.23. The van der Waals surface area contributed by atoms with Gasteiger partial charge in [-0.25, -0.2) is 0 Å². The first kappa shape index (κ1) is 5.12. The van der Waals surface area contributed by atoms with E-state index in [0.717, 1.165) is 6.04 Å². The van der Waals surface area contributed by atoms with Gasteiger partial charge in [0, 0.05) is 23.6 Å². The van der Waals surface area contributed by atoms with Gasteiger partial charge in [-0.15, -0.1) is 0 Å². The van der Waals surface area contributed by atoms with Gasteiger partial charge in [-0.1, -0.05) is 0 Å². The number of hydrogen-bond donors (Lipinski definition) is 1. The summed E-state index contributed by atoms with van der Waals surface area (Å²) in [4.78, 5) is 0. The number of fused-ring (bicyclic) bond motifs is 2. The summed E-state index contributed by atoms with van der Waals surface area (Å²) in [5, 5.41) is 3.49. The highest BCUT2D eigenvalue weighted by Crippen LogP contribution is 2.29. The Morgan fingerprint density at radius 3 is 3.38 bits per heavy atom. The number of nitrogens with one attached hydrogen (secondary N) is 1. The van der Waals surface area contributed by atoms with E-state index in [4.69, 9.17) is 0 Å². The van der Waals surface area contributed by atoms with Crippen LogP contribution in [-0.4, -0.2) is 17.5 Å². The summed E-state index contributed by atoms with van der Waals surface area (Å²) >= 11 is 2.07. The van der Waals surface area contributed by atoms with Crippen molar-refractivity contribution in [3.8, 4) is 0 Å². The maximum absolute atomic E-state index is 3.49. The van der Waals surface area contributed by atoms with Crippen molar-refractivity contribution in [2.24, 2.45) is 0 Å². The molecule has 0 aromatic heterocycles. The van der Waals surface area contributed by atoms with E-state index in [0.29, 0.717) is 0 Å². The molecule has 1 atom stereocenters. The Labute approximate surface area is 54.2 Å². The van der Waals surface area contributed by atoms with E-state index in [-0.39, 0.29) is 0 Å². The predicted molar refractivity (Wildman–Crippen MR) is 36.7 cm³/mol. The molecule has 0 spiro atoms. The minimum atomic E-state index is 0.837. The molecule has 1 N–H and O–H groups in total. The largest absolute Gasteiger partial charge is 0.305 e. The van der Waals surface area contributed by atoms with Gasteiger partial charge < -0.3 is 5.32 Å². The van der Waals surface area contributed by atoms with Gasteiger partial charge in [0.05, 0.1) is 0 Å². The summed E-state index contributed by atoms with van der Waals surface area (Å²) in [6.45, 7) is 0. The van der Waals surface area contributed by atoms with Gasteiger partial charge in [-0.2, -0.15) is 11.8 Å². The number of hydrogen-bond acceptors (Lipinski definition) is 2. The van der Waals surface area contributed by atoms with Crippen molar-refractivity contribution < 1.29 is 0 Å². The van der Waals surface area contributed by atoms with Crippen molar-refractivity contribution in [1.29, 1.82) is 0 Å². The molecule has 2 saturated heterocycles. The highest BCUT2D eigenvalue weighted by atomic mass is 32.2. The van der Waals surface area contributed by atoms with Crippen molar-refractivity contribution in [1.82, 2.24) is 5.32 Å². The molecule has 45 valence electrons. The van der Waals surface area contributed by atoms with Crippen molar-refractivity contribution in [2.75, 3.05) is 11.5 Å². The van der Waals surface area contributed by atoms with Gasteiger partial charge >= 0.3 is 0 Å². The van der Waals surface area contributed by atoms with Crippen LogP contribution in [-0.2, 0) is 0 Å². The lowest BCUT2D eigenvalue weighted by Crippen LogP contribution is -2.31. The second-order valence-corrected chi connectivity index (χ2v) is 3.53. The van der Waals surface area contributed by atoms with E-state index in [1.54, 1.807) is 6.04 Å². The van der Waals surface area contributed by atoms with Crippen LogP contribution in [0.4, 0.5) is 0 Å². The molecule has 0 aromatic carbocycles. The Morgan fingerprint density at radius 1 is 1.62 bits per heavy atom. The van der Waals surface area contributed by atoms with Crippen LogP contribution in [0.25, 0.3) is 0 Å². The fourth-order valence-corrected chi connectivity index (χ4v) is 2.47. The Balaban J connectivity index is 2.03. The molecule has 0 amide bonds. The molecule has 2 heteroatoms. The van der Waals surface area contributed by atoms with Crippen molar-refractivity contribution in [2.45, 2.75) is 18.9 Å². The smallest absolute Gasteiger partial charge is 0.0466 e. The molecule has 1 radical (unpaired) electrons. The van der Waals surface area contributed by atoms with Crippen LogP contribution >= 0.6 is 11.8 Å². The van der Waals surface area contributed by atoms with E-state index in [1.165, 1.54) is 24.3 Å². The first-order valence-electron chi connectivity index (χ1n) is 3.14. The first-order valence-corrected chi connectivity index (χ1v) is 4.29. The molecular weight excluding hydrogens is 118 g/mol. The van der Waals surface area contributed by atoms with Crippen LogP contribution in [0.1, 0.15) is 12.8 Å². The predicted octanol–water partition coefficient (Wildman–Crippen LogP) is 1.02. The van der Waals surface area contributed by atoms with Crippen molar-refractivity contribution in [3.05, 3.63) is 6.04 Å². The SMILES string of the molecule is C1CC2CSC[C]1N2. The molecule has 0 saturated carbocycles. The van der Waals surface area contributed by atoms with Gasteiger partial charge in [-0.05, 0) is 12.8 Å². The van der Waals surface area contributed by atoms with Crippen LogP contribution in [0.3, 0.4) is 0 Å². The zero-order valence-corrected chi connectivity index (χ0v) is 5.63. The van der Waals surface area contributed by atoms with Gasteiger partial charge in [-0.3, -0.25) is 0 Å². The summed E-state index contributed by atoms with van der Waals surface area (Å²) in [6, 6.07) is 2.43. The summed E-state index contributed by atoms with van der Waals surface area (Å²) in [6.07, 6.45) is 2.74. The van der Waals surface area contributed by atoms with Gasteiger partial charge in [0.15, 0.2) is 0 Å². The average molecular weight is 128 g/mol. The Bertz CT molecular complexity index is 80.5. The van der Waals surface area contributed by atoms with E-state index in [9.17, 15) is 0 Å². The molecule has 2 aliphatic rings. The molecule has 0 aliphatic carbocycles. The zero-order chi connectivity index (χ0) is 5.40. The van der Waals surface area contributed by atoms with Crippen LogP contribution in [0.15, 0.2) is 0 Å². The minimum Gasteiger partial charge on any atom is -0.305 e. The van der Waals surface area contributed by atoms with E-state index >= 15 is 0 Å². The highest BCUT2D eigenvalue weighted by Gasteiger charge is 2.28. The molecular formula is C6H10NS. The third kappa shape index (κ3) is 0.759. The lowest BCUT2D eigenvalue weighted by molar-refractivity contribution is 0.661. The summed E-state index contributed by atoms with van der Waals surface area (Å²) < 4.78 is 0. The van der Waals surface area contributed by atoms with Crippen LogP contribution in [0, 0.1) is 6.04 Å². The van der Waals surface area contributed by atoms with Crippen molar-refractivity contribution >= 4 is 11.8 Å². The fraction of sp³-hybridized carbons (Fsp3) is 0.833. The summed E-state index contributed by atoms with van der Waals surface area (Å²) in [5.74, 6) is 2.61. The molecule has 0 aromatic rings. The first-order chi connectivity index (χ1) is 3.95. The zero-order valence-electron chi connectivity index (χ0n) is 4.81. The number of rotatable bonds is 0. The normalized spacial score (nSPS) is 38.2. The molecule has 1 unspecified atom stereocenters. The summed E-state index contributed by atoms with van der Waals surface area (Å²) in [7, 11) is 0. The Morgan fingerprint density at radius 2 is 2.62 bits per heavy atom. The minimum absolute atomic E-state index is 0.837. The van der Waals surface area contributed by atoms with E-state index < -0.39 is 0 Å². The van der Waals surface area contributed by atoms with Crippen LogP contribution in [0.5, 0.6) is 0 Å². The Hall–Kier alpha value is 0.310. The van der Waals surface area contributed by atoms with E-state index in [1.807, 2.05) is 0 Å². The van der Waals surface area contributed by atoms with Crippen LogP contribution in [0.2, 0.25) is 0 Å². The molecule has 1 nitrogen and oxygen atoms in total. The summed E-state index contributed by atoms with van der Waals surface area (Å²) in [5.41, 5.74) is 0. The maximum Gasteiger partial charge on any atom is 0.0466 e. The monoisotopic (exact) mass is 128 g/mol. The lowest BCUT2D eigenvalue weighted by Gasteiger charge is -2.18. The fourth-order valence-electron chi connectivity index (χ4n) is 1.34. The lowest BCUT2D eigenvalue weighted by atomic mass is 10.2. The third-order valence-electron chi connectivity index (χ3n) is 1.80. The third-order valence-corrected chi connectivity index (χ3v) is 2.99. The van der Waals surface area contributed by atoms with E-state index in [2.05, 4.69) is 17.1 Å². The molecule has 2 bridgehead atoms. The van der Waals surface area contributed by atoms with Crippen molar-refractivity contribution in [3.63, 3.8) is 0 Å². The molecule has 2 rings (SSSR count). The quantitative estimate of drug-likeness (QED) is 0.522. The molecule has 2 fully saturated rings. The van der Waals surface area contributed by atoms with Gasteiger partial charge in [0.25, 0.3) is 0 Å². The average Bonchev–Trinajstić information content (AvgIpc) is 2.12. The van der Waals surface area contributed by atoms with Gasteiger partial charge in [0.2, 0.25) is 0 Å². The second-order valence-electron chi connectivity index (χ2n) is 2.50. The topological polar surface area (TPSA) is 12.0 Å². The maximum atomic E-state index is 3.49. The highest BCUT2D eigenvalue weighted by molar-refractivity contribution is 7.99. The second kappa shape index (κ2) is 1.92. The molecule has 2 aliphatic heterocycles. The van der Waals surface area contributed by atoms with Gasteiger partial charge in [0.1, 0.15) is 0 Å². The molecule has 8 heavy (non-hydrogen) atoms. The standard InChI is InChI=1S/C6H10NS/c1-2-6-4-8-3-5(1)7-6/h5,7H,1-4H2. The molecule has 2 heterocycles. The number of thioether (sulfide) groups is 1. The van der Waals surface area contributed by atoms with Crippen LogP contribution < -0.4 is 5.32 Å².